The number of carbonyl (C=O) groups is 3. The smallest absolute Gasteiger partial charge is 0.243 e. The summed E-state index contributed by atoms with van der Waals surface area (Å²) in [6.45, 7) is 7.69. The summed E-state index contributed by atoms with van der Waals surface area (Å²) in [7, 11) is 0. The zero-order valence-corrected chi connectivity index (χ0v) is 14.2. The first kappa shape index (κ1) is 18.7. The minimum Gasteiger partial charge on any atom is -0.345 e. The van der Waals surface area contributed by atoms with Gasteiger partial charge in [0.05, 0.1) is 13.1 Å². The highest BCUT2D eigenvalue weighted by atomic mass is 16.2. The van der Waals surface area contributed by atoms with E-state index in [-0.39, 0.29) is 36.7 Å². The van der Waals surface area contributed by atoms with Crippen molar-refractivity contribution in [1.29, 1.82) is 0 Å². The molecule has 0 aliphatic heterocycles. The van der Waals surface area contributed by atoms with Crippen LogP contribution in [0.25, 0.3) is 0 Å². The van der Waals surface area contributed by atoms with Crippen molar-refractivity contribution in [2.45, 2.75) is 27.7 Å². The standard InChI is InChI=1S/C17H25N3O3/c1-12(2)10-20(14(4)21)11-17(23)18-9-16(22)19-15-7-5-13(3)6-8-15/h5-8,12H,9-11H2,1-4H3,(H,18,23)(H,19,22). The largest absolute Gasteiger partial charge is 0.345 e. The lowest BCUT2D eigenvalue weighted by Gasteiger charge is -2.22. The maximum Gasteiger partial charge on any atom is 0.243 e. The van der Waals surface area contributed by atoms with Crippen LogP contribution < -0.4 is 10.6 Å². The number of hydrogen-bond acceptors (Lipinski definition) is 3. The minimum atomic E-state index is -0.347. The molecular formula is C17H25N3O3. The molecule has 0 fully saturated rings. The second kappa shape index (κ2) is 8.92. The van der Waals surface area contributed by atoms with E-state index in [9.17, 15) is 14.4 Å². The molecule has 0 spiro atoms. The van der Waals surface area contributed by atoms with Gasteiger partial charge < -0.3 is 15.5 Å². The quantitative estimate of drug-likeness (QED) is 0.800. The van der Waals surface area contributed by atoms with Gasteiger partial charge in [-0.2, -0.15) is 0 Å². The molecule has 0 bridgehead atoms. The fourth-order valence-electron chi connectivity index (χ4n) is 2.00. The molecule has 0 radical (unpaired) electrons. The molecule has 0 aliphatic rings. The summed E-state index contributed by atoms with van der Waals surface area (Å²) in [6.07, 6.45) is 0. The van der Waals surface area contributed by atoms with Crippen LogP contribution in [-0.2, 0) is 14.4 Å². The first-order chi connectivity index (χ1) is 10.8. The van der Waals surface area contributed by atoms with Crippen LogP contribution in [0.15, 0.2) is 24.3 Å². The number of anilines is 1. The molecule has 126 valence electrons. The number of nitrogens with one attached hydrogen (secondary N) is 2. The van der Waals surface area contributed by atoms with Crippen molar-refractivity contribution in [3.05, 3.63) is 29.8 Å². The number of hydrogen-bond donors (Lipinski definition) is 2. The van der Waals surface area contributed by atoms with Gasteiger partial charge in [0.1, 0.15) is 0 Å². The monoisotopic (exact) mass is 319 g/mol. The third-order valence-corrected chi connectivity index (χ3v) is 3.15. The number of aryl methyl sites for hydroxylation is 1. The van der Waals surface area contributed by atoms with Crippen molar-refractivity contribution < 1.29 is 14.4 Å². The number of rotatable bonds is 7. The van der Waals surface area contributed by atoms with Gasteiger partial charge >= 0.3 is 0 Å². The molecule has 0 saturated carbocycles. The topological polar surface area (TPSA) is 78.5 Å². The Morgan fingerprint density at radius 3 is 2.22 bits per heavy atom. The Morgan fingerprint density at radius 2 is 1.70 bits per heavy atom. The maximum absolute atomic E-state index is 11.9. The van der Waals surface area contributed by atoms with Gasteiger partial charge in [0, 0.05) is 19.2 Å². The van der Waals surface area contributed by atoms with Gasteiger partial charge in [0.25, 0.3) is 0 Å². The molecule has 6 heteroatoms. The van der Waals surface area contributed by atoms with Gasteiger partial charge in [0.15, 0.2) is 0 Å². The first-order valence-electron chi connectivity index (χ1n) is 7.66. The highest BCUT2D eigenvalue weighted by Gasteiger charge is 2.15. The molecule has 3 amide bonds. The fourth-order valence-corrected chi connectivity index (χ4v) is 2.00. The van der Waals surface area contributed by atoms with Crippen LogP contribution >= 0.6 is 0 Å². The molecule has 0 heterocycles. The zero-order chi connectivity index (χ0) is 17.4. The highest BCUT2D eigenvalue weighted by Crippen LogP contribution is 2.07. The van der Waals surface area contributed by atoms with E-state index in [0.717, 1.165) is 5.56 Å². The lowest BCUT2D eigenvalue weighted by Crippen LogP contribution is -2.43. The van der Waals surface area contributed by atoms with E-state index in [0.29, 0.717) is 12.2 Å². The summed E-state index contributed by atoms with van der Waals surface area (Å²) in [5.74, 6) is -0.533. The molecule has 0 aromatic heterocycles. The number of nitrogens with zero attached hydrogens (tertiary/aromatic N) is 1. The average molecular weight is 319 g/mol. The molecule has 0 atom stereocenters. The van der Waals surface area contributed by atoms with Crippen molar-refractivity contribution in [2.24, 2.45) is 5.92 Å². The third kappa shape index (κ3) is 7.44. The first-order valence-corrected chi connectivity index (χ1v) is 7.66. The van der Waals surface area contributed by atoms with Gasteiger partial charge in [-0.05, 0) is 25.0 Å². The Labute approximate surface area is 137 Å². The second-order valence-corrected chi connectivity index (χ2v) is 5.98. The molecule has 0 unspecified atom stereocenters. The second-order valence-electron chi connectivity index (χ2n) is 5.98. The summed E-state index contributed by atoms with van der Waals surface area (Å²) < 4.78 is 0. The summed E-state index contributed by atoms with van der Waals surface area (Å²) in [5, 5.41) is 5.23. The SMILES string of the molecule is CC(=O)N(CC(=O)NCC(=O)Nc1ccc(C)cc1)CC(C)C. The Balaban J connectivity index is 2.40. The van der Waals surface area contributed by atoms with E-state index in [1.54, 1.807) is 12.1 Å². The van der Waals surface area contributed by atoms with E-state index < -0.39 is 0 Å². The van der Waals surface area contributed by atoms with Crippen molar-refractivity contribution in [1.82, 2.24) is 10.2 Å². The molecule has 1 rings (SSSR count). The number of carbonyl (C=O) groups excluding carboxylic acids is 3. The van der Waals surface area contributed by atoms with Crippen LogP contribution in [0.4, 0.5) is 5.69 Å². The Morgan fingerprint density at radius 1 is 1.09 bits per heavy atom. The Kier molecular flexibility index (Phi) is 7.25. The maximum atomic E-state index is 11.9. The van der Waals surface area contributed by atoms with Crippen LogP contribution in [0.5, 0.6) is 0 Å². The molecule has 0 saturated heterocycles. The van der Waals surface area contributed by atoms with Crippen LogP contribution in [0.2, 0.25) is 0 Å². The van der Waals surface area contributed by atoms with E-state index in [2.05, 4.69) is 10.6 Å². The van der Waals surface area contributed by atoms with Gasteiger partial charge in [-0.3, -0.25) is 14.4 Å². The Bertz CT molecular complexity index is 553. The van der Waals surface area contributed by atoms with Crippen LogP contribution in [0, 0.1) is 12.8 Å². The molecule has 1 aromatic carbocycles. The van der Waals surface area contributed by atoms with E-state index in [1.165, 1.54) is 11.8 Å². The van der Waals surface area contributed by atoms with E-state index in [1.807, 2.05) is 32.9 Å². The van der Waals surface area contributed by atoms with Gasteiger partial charge in [-0.15, -0.1) is 0 Å². The fraction of sp³-hybridized carbons (Fsp3) is 0.471. The van der Waals surface area contributed by atoms with Crippen molar-refractivity contribution in [3.63, 3.8) is 0 Å². The van der Waals surface area contributed by atoms with Crippen LogP contribution in [-0.4, -0.2) is 42.3 Å². The summed E-state index contributed by atoms with van der Waals surface area (Å²) in [6, 6.07) is 7.39. The lowest BCUT2D eigenvalue weighted by molar-refractivity contribution is -0.135. The lowest BCUT2D eigenvalue weighted by atomic mass is 10.2. The highest BCUT2D eigenvalue weighted by molar-refractivity contribution is 5.95. The predicted octanol–water partition coefficient (Wildman–Crippen LogP) is 1.55. The summed E-state index contributed by atoms with van der Waals surface area (Å²) >= 11 is 0. The van der Waals surface area contributed by atoms with Crippen molar-refractivity contribution >= 4 is 23.4 Å². The number of benzene rings is 1. The van der Waals surface area contributed by atoms with Gasteiger partial charge in [-0.25, -0.2) is 0 Å². The number of amides is 3. The van der Waals surface area contributed by atoms with Gasteiger partial charge in [-0.1, -0.05) is 31.5 Å². The molecule has 0 aliphatic carbocycles. The van der Waals surface area contributed by atoms with Crippen molar-refractivity contribution in [3.8, 4) is 0 Å². The average Bonchev–Trinajstić information content (AvgIpc) is 2.46. The summed E-state index contributed by atoms with van der Waals surface area (Å²) in [4.78, 5) is 36.6. The van der Waals surface area contributed by atoms with Crippen molar-refractivity contribution in [2.75, 3.05) is 25.0 Å². The predicted molar refractivity (Wildman–Crippen MR) is 89.9 cm³/mol. The normalized spacial score (nSPS) is 10.3. The minimum absolute atomic E-state index is 0.0364. The molecule has 6 nitrogen and oxygen atoms in total. The zero-order valence-electron chi connectivity index (χ0n) is 14.2. The third-order valence-electron chi connectivity index (χ3n) is 3.15. The van der Waals surface area contributed by atoms with E-state index >= 15 is 0 Å². The molecule has 23 heavy (non-hydrogen) atoms. The van der Waals surface area contributed by atoms with Crippen LogP contribution in [0.3, 0.4) is 0 Å². The molecule has 2 N–H and O–H groups in total. The van der Waals surface area contributed by atoms with E-state index in [4.69, 9.17) is 0 Å². The van der Waals surface area contributed by atoms with Gasteiger partial charge in [0.2, 0.25) is 17.7 Å². The molecular weight excluding hydrogens is 294 g/mol. The van der Waals surface area contributed by atoms with Crippen LogP contribution in [0.1, 0.15) is 26.3 Å². The molecule has 1 aromatic rings. The summed E-state index contributed by atoms with van der Waals surface area (Å²) in [5.41, 5.74) is 1.78. The Hall–Kier alpha value is -2.37.